The molecule has 0 saturated heterocycles. The van der Waals surface area contributed by atoms with Crippen LogP contribution in [0.15, 0.2) is 24.4 Å². The highest BCUT2D eigenvalue weighted by Crippen LogP contribution is 2.31. The number of nitrogens with zero attached hydrogens (tertiary/aromatic N) is 2. The van der Waals surface area contributed by atoms with Crippen LogP contribution in [0.3, 0.4) is 0 Å². The smallest absolute Gasteiger partial charge is 0.228 e. The van der Waals surface area contributed by atoms with Crippen molar-refractivity contribution in [1.29, 1.82) is 0 Å². The third-order valence-corrected chi connectivity index (χ3v) is 3.19. The summed E-state index contributed by atoms with van der Waals surface area (Å²) in [6.45, 7) is 2.41. The van der Waals surface area contributed by atoms with E-state index in [0.717, 1.165) is 28.5 Å². The molecule has 0 radical (unpaired) electrons. The van der Waals surface area contributed by atoms with Crippen LogP contribution in [0.2, 0.25) is 0 Å². The van der Waals surface area contributed by atoms with Crippen molar-refractivity contribution in [2.75, 3.05) is 16.4 Å². The molecule has 0 fully saturated rings. The van der Waals surface area contributed by atoms with Crippen molar-refractivity contribution in [3.63, 3.8) is 0 Å². The highest BCUT2D eigenvalue weighted by molar-refractivity contribution is 6.00. The molecule has 0 saturated carbocycles. The summed E-state index contributed by atoms with van der Waals surface area (Å²) in [5.74, 6) is 0.737. The van der Waals surface area contributed by atoms with Gasteiger partial charge in [-0.05, 0) is 30.7 Å². The van der Waals surface area contributed by atoms with Crippen LogP contribution in [-0.2, 0) is 17.8 Å². The van der Waals surface area contributed by atoms with Crippen LogP contribution in [0, 0.1) is 6.92 Å². The minimum atomic E-state index is 0.00275. The van der Waals surface area contributed by atoms with Crippen molar-refractivity contribution in [1.82, 2.24) is 9.97 Å². The van der Waals surface area contributed by atoms with Gasteiger partial charge in [-0.15, -0.1) is 0 Å². The number of nitrogens with one attached hydrogen (secondary N) is 2. The molecular formula is C14H15N5O. The number of nitrogen functional groups attached to an aromatic ring is 1. The maximum absolute atomic E-state index is 11.4. The molecule has 6 nitrogen and oxygen atoms in total. The number of carbonyl (C=O) groups excluding carboxylic acids is 1. The Balaban J connectivity index is 1.78. The van der Waals surface area contributed by atoms with E-state index in [0.29, 0.717) is 18.7 Å². The average Bonchev–Trinajstić information content (AvgIpc) is 2.75. The second-order valence-electron chi connectivity index (χ2n) is 4.77. The minimum absolute atomic E-state index is 0.00275. The van der Waals surface area contributed by atoms with Gasteiger partial charge in [0.25, 0.3) is 0 Å². The van der Waals surface area contributed by atoms with Crippen molar-refractivity contribution >= 4 is 23.0 Å². The van der Waals surface area contributed by atoms with E-state index in [1.54, 1.807) is 6.20 Å². The first-order valence-corrected chi connectivity index (χ1v) is 6.36. The van der Waals surface area contributed by atoms with Gasteiger partial charge in [-0.1, -0.05) is 0 Å². The maximum atomic E-state index is 11.4. The fraction of sp³-hybridized carbons (Fsp3) is 0.214. The summed E-state index contributed by atoms with van der Waals surface area (Å²) in [5, 5.41) is 6.05. The Morgan fingerprint density at radius 3 is 3.10 bits per heavy atom. The number of aryl methyl sites for hydroxylation is 1. The number of fused-ring (bicyclic) bond motifs is 1. The highest BCUT2D eigenvalue weighted by Gasteiger charge is 2.19. The molecule has 20 heavy (non-hydrogen) atoms. The van der Waals surface area contributed by atoms with E-state index in [9.17, 15) is 4.79 Å². The van der Waals surface area contributed by atoms with E-state index >= 15 is 0 Å². The molecule has 1 aliphatic rings. The van der Waals surface area contributed by atoms with E-state index < -0.39 is 0 Å². The summed E-state index contributed by atoms with van der Waals surface area (Å²) in [4.78, 5) is 19.7. The largest absolute Gasteiger partial charge is 0.397 e. The Kier molecular flexibility index (Phi) is 2.98. The van der Waals surface area contributed by atoms with Gasteiger partial charge < -0.3 is 16.4 Å². The number of carbonyl (C=O) groups is 1. The third kappa shape index (κ3) is 2.40. The third-order valence-electron chi connectivity index (χ3n) is 3.19. The summed E-state index contributed by atoms with van der Waals surface area (Å²) in [6.07, 6.45) is 2.12. The number of nitrogens with two attached hydrogens (primary N) is 1. The van der Waals surface area contributed by atoms with Gasteiger partial charge in [0.05, 0.1) is 30.0 Å². The van der Waals surface area contributed by atoms with E-state index in [2.05, 4.69) is 20.6 Å². The molecule has 3 rings (SSSR count). The Morgan fingerprint density at radius 2 is 2.30 bits per heavy atom. The van der Waals surface area contributed by atoms with Crippen molar-refractivity contribution < 1.29 is 4.79 Å². The van der Waals surface area contributed by atoms with Gasteiger partial charge in [0.2, 0.25) is 5.91 Å². The van der Waals surface area contributed by atoms with E-state index in [4.69, 9.17) is 5.73 Å². The molecule has 6 heteroatoms. The first kappa shape index (κ1) is 12.4. The molecule has 0 unspecified atom stereocenters. The number of hydrogen-bond acceptors (Lipinski definition) is 5. The standard InChI is InChI=1S/C14H15N5O/c1-8-16-3-2-10(18-8)7-17-13-6-12-9(4-11(13)15)5-14(20)19-12/h2-4,6,17H,5,7,15H2,1H3,(H,19,20). The van der Waals surface area contributed by atoms with Crippen LogP contribution in [-0.4, -0.2) is 15.9 Å². The maximum Gasteiger partial charge on any atom is 0.228 e. The summed E-state index contributed by atoms with van der Waals surface area (Å²) in [6, 6.07) is 5.55. The molecule has 0 spiro atoms. The van der Waals surface area contributed by atoms with Crippen LogP contribution >= 0.6 is 0 Å². The number of aromatic nitrogens is 2. The lowest BCUT2D eigenvalue weighted by Gasteiger charge is -2.11. The van der Waals surface area contributed by atoms with Gasteiger partial charge in [-0.3, -0.25) is 4.79 Å². The highest BCUT2D eigenvalue weighted by atomic mass is 16.1. The fourth-order valence-corrected chi connectivity index (χ4v) is 2.24. The lowest BCUT2D eigenvalue weighted by molar-refractivity contribution is -0.115. The Hall–Kier alpha value is -2.63. The van der Waals surface area contributed by atoms with E-state index in [1.807, 2.05) is 25.1 Å². The molecule has 4 N–H and O–H groups in total. The van der Waals surface area contributed by atoms with E-state index in [-0.39, 0.29) is 5.91 Å². The van der Waals surface area contributed by atoms with Crippen molar-refractivity contribution in [2.45, 2.75) is 19.9 Å². The van der Waals surface area contributed by atoms with Gasteiger partial charge in [0.15, 0.2) is 0 Å². The molecule has 102 valence electrons. The van der Waals surface area contributed by atoms with Crippen LogP contribution in [0.1, 0.15) is 17.1 Å². The number of anilines is 3. The second-order valence-corrected chi connectivity index (χ2v) is 4.77. The van der Waals surface area contributed by atoms with Crippen LogP contribution in [0.25, 0.3) is 0 Å². The normalized spacial score (nSPS) is 12.9. The first-order valence-electron chi connectivity index (χ1n) is 6.36. The molecule has 1 aromatic heterocycles. The topological polar surface area (TPSA) is 92.9 Å². The first-order chi connectivity index (χ1) is 9.61. The average molecular weight is 269 g/mol. The molecular weight excluding hydrogens is 254 g/mol. The fourth-order valence-electron chi connectivity index (χ4n) is 2.24. The molecule has 1 aromatic carbocycles. The minimum Gasteiger partial charge on any atom is -0.397 e. The number of amides is 1. The van der Waals surface area contributed by atoms with Crippen LogP contribution < -0.4 is 16.4 Å². The second kappa shape index (κ2) is 4.80. The van der Waals surface area contributed by atoms with E-state index in [1.165, 1.54) is 0 Å². The Labute approximate surface area is 116 Å². The summed E-state index contributed by atoms with van der Waals surface area (Å²) < 4.78 is 0. The van der Waals surface area contributed by atoms with Gasteiger partial charge in [0.1, 0.15) is 5.82 Å². The van der Waals surface area contributed by atoms with Crippen molar-refractivity contribution in [2.24, 2.45) is 0 Å². The molecule has 1 aliphatic heterocycles. The predicted octanol–water partition coefficient (Wildman–Crippen LogP) is 1.47. The predicted molar refractivity (Wildman–Crippen MR) is 77.3 cm³/mol. The van der Waals surface area contributed by atoms with Crippen LogP contribution in [0.4, 0.5) is 17.1 Å². The summed E-state index contributed by atoms with van der Waals surface area (Å²) in [7, 11) is 0. The molecule has 0 atom stereocenters. The molecule has 2 heterocycles. The van der Waals surface area contributed by atoms with Crippen molar-refractivity contribution in [3.8, 4) is 0 Å². The summed E-state index contributed by atoms with van der Waals surface area (Å²) in [5.41, 5.74) is 10.1. The molecule has 0 bridgehead atoms. The van der Waals surface area contributed by atoms with Crippen LogP contribution in [0.5, 0.6) is 0 Å². The lowest BCUT2D eigenvalue weighted by atomic mass is 10.1. The van der Waals surface area contributed by atoms with Gasteiger partial charge >= 0.3 is 0 Å². The zero-order chi connectivity index (χ0) is 14.1. The quantitative estimate of drug-likeness (QED) is 0.734. The SMILES string of the molecule is Cc1nccc(CNc2cc3c(cc2N)CC(=O)N3)n1. The van der Waals surface area contributed by atoms with Gasteiger partial charge in [0, 0.05) is 11.9 Å². The monoisotopic (exact) mass is 269 g/mol. The zero-order valence-electron chi connectivity index (χ0n) is 11.1. The molecule has 2 aromatic rings. The number of rotatable bonds is 3. The van der Waals surface area contributed by atoms with Crippen molar-refractivity contribution in [3.05, 3.63) is 41.5 Å². The Morgan fingerprint density at radius 1 is 1.45 bits per heavy atom. The Bertz CT molecular complexity index is 683. The van der Waals surface area contributed by atoms with Gasteiger partial charge in [-0.25, -0.2) is 9.97 Å². The number of hydrogen-bond donors (Lipinski definition) is 3. The zero-order valence-corrected chi connectivity index (χ0v) is 11.1. The summed E-state index contributed by atoms with van der Waals surface area (Å²) >= 11 is 0. The molecule has 0 aliphatic carbocycles. The molecule has 1 amide bonds. The van der Waals surface area contributed by atoms with Gasteiger partial charge in [-0.2, -0.15) is 0 Å². The lowest BCUT2D eigenvalue weighted by Crippen LogP contribution is -2.06. The number of benzene rings is 1.